The molecule has 0 radical (unpaired) electrons. The molecule has 4 nitrogen and oxygen atoms in total. The van der Waals surface area contributed by atoms with Crippen LogP contribution in [0.15, 0.2) is 48.5 Å². The first-order chi connectivity index (χ1) is 8.66. The molecule has 0 spiro atoms. The van der Waals surface area contributed by atoms with Crippen molar-refractivity contribution in [3.05, 3.63) is 54.1 Å². The molecule has 0 amide bonds. The molecule has 2 rings (SSSR count). The smallest absolute Gasteiger partial charge is 0.181 e. The van der Waals surface area contributed by atoms with Gasteiger partial charge >= 0.3 is 0 Å². The van der Waals surface area contributed by atoms with Crippen molar-refractivity contribution in [1.82, 2.24) is 0 Å². The lowest BCUT2D eigenvalue weighted by molar-refractivity contribution is 0.101. The van der Waals surface area contributed by atoms with Crippen LogP contribution in [0.2, 0.25) is 0 Å². The molecule has 0 atom stereocenters. The Morgan fingerprint density at radius 1 is 1.00 bits per heavy atom. The van der Waals surface area contributed by atoms with E-state index in [2.05, 4.69) is 5.32 Å². The van der Waals surface area contributed by atoms with E-state index in [1.807, 2.05) is 30.3 Å². The summed E-state index contributed by atoms with van der Waals surface area (Å²) in [6, 6.07) is 13.4. The number of hydrogen-bond acceptors (Lipinski definition) is 4. The molecule has 0 fully saturated rings. The van der Waals surface area contributed by atoms with Gasteiger partial charge in [0.05, 0.1) is 6.54 Å². The van der Waals surface area contributed by atoms with Gasteiger partial charge in [0.1, 0.15) is 0 Å². The first-order valence-corrected chi connectivity index (χ1v) is 5.51. The van der Waals surface area contributed by atoms with Gasteiger partial charge in [-0.2, -0.15) is 0 Å². The van der Waals surface area contributed by atoms with E-state index in [1.165, 1.54) is 18.2 Å². The summed E-state index contributed by atoms with van der Waals surface area (Å²) in [6.07, 6.45) is 0. The molecule has 0 aliphatic carbocycles. The quantitative estimate of drug-likeness (QED) is 0.569. The summed E-state index contributed by atoms with van der Waals surface area (Å²) in [5.74, 6) is -0.683. The molecular formula is C14H13NO3. The van der Waals surface area contributed by atoms with Crippen LogP contribution < -0.4 is 5.32 Å². The number of ketones is 1. The van der Waals surface area contributed by atoms with Crippen molar-refractivity contribution in [2.75, 3.05) is 11.9 Å². The van der Waals surface area contributed by atoms with Crippen molar-refractivity contribution < 1.29 is 15.0 Å². The lowest BCUT2D eigenvalue weighted by atomic mass is 10.1. The van der Waals surface area contributed by atoms with Crippen molar-refractivity contribution >= 4 is 11.5 Å². The van der Waals surface area contributed by atoms with Crippen LogP contribution in [0.1, 0.15) is 10.4 Å². The van der Waals surface area contributed by atoms with Gasteiger partial charge in [-0.1, -0.05) is 18.2 Å². The lowest BCUT2D eigenvalue weighted by Crippen LogP contribution is -2.13. The maximum absolute atomic E-state index is 11.8. The Kier molecular flexibility index (Phi) is 3.48. The Morgan fingerprint density at radius 2 is 1.72 bits per heavy atom. The molecule has 2 aromatic rings. The lowest BCUT2D eigenvalue weighted by Gasteiger charge is -2.06. The first kappa shape index (κ1) is 12.0. The van der Waals surface area contributed by atoms with Crippen LogP contribution in [-0.4, -0.2) is 22.5 Å². The molecule has 0 saturated heterocycles. The number of hydrogen-bond donors (Lipinski definition) is 3. The molecule has 0 aliphatic rings. The maximum Gasteiger partial charge on any atom is 0.181 e. The Bertz CT molecular complexity index is 552. The third kappa shape index (κ3) is 2.79. The van der Waals surface area contributed by atoms with E-state index in [0.717, 1.165) is 5.69 Å². The summed E-state index contributed by atoms with van der Waals surface area (Å²) in [6.45, 7) is 0.133. The predicted octanol–water partition coefficient (Wildman–Crippen LogP) is 2.39. The zero-order valence-electron chi connectivity index (χ0n) is 9.63. The Balaban J connectivity index is 2.02. The Labute approximate surface area is 105 Å². The van der Waals surface area contributed by atoms with Crippen LogP contribution in [-0.2, 0) is 0 Å². The van der Waals surface area contributed by atoms with Crippen molar-refractivity contribution in [3.63, 3.8) is 0 Å². The molecule has 3 N–H and O–H groups in total. The van der Waals surface area contributed by atoms with Gasteiger partial charge in [0.25, 0.3) is 0 Å². The number of carbonyl (C=O) groups excluding carboxylic acids is 1. The summed E-state index contributed by atoms with van der Waals surface area (Å²) >= 11 is 0. The second kappa shape index (κ2) is 5.23. The summed E-state index contributed by atoms with van der Waals surface area (Å²) in [5.41, 5.74) is 1.21. The zero-order valence-corrected chi connectivity index (χ0v) is 9.63. The minimum Gasteiger partial charge on any atom is -0.504 e. The van der Waals surface area contributed by atoms with Crippen LogP contribution in [0.25, 0.3) is 0 Å². The highest BCUT2D eigenvalue weighted by atomic mass is 16.3. The van der Waals surface area contributed by atoms with Crippen LogP contribution >= 0.6 is 0 Å². The summed E-state index contributed by atoms with van der Waals surface area (Å²) in [5, 5.41) is 21.5. The average Bonchev–Trinajstić information content (AvgIpc) is 2.40. The van der Waals surface area contributed by atoms with Crippen molar-refractivity contribution in [2.24, 2.45) is 0 Å². The van der Waals surface area contributed by atoms with Crippen LogP contribution in [0.5, 0.6) is 11.5 Å². The molecule has 0 aromatic heterocycles. The topological polar surface area (TPSA) is 69.6 Å². The fraction of sp³-hybridized carbons (Fsp3) is 0.0714. The Morgan fingerprint density at radius 3 is 2.39 bits per heavy atom. The number of rotatable bonds is 4. The molecule has 92 valence electrons. The van der Waals surface area contributed by atoms with Gasteiger partial charge in [0.15, 0.2) is 17.3 Å². The monoisotopic (exact) mass is 243 g/mol. The van der Waals surface area contributed by atoms with Crippen molar-refractivity contribution in [3.8, 4) is 11.5 Å². The number of anilines is 1. The van der Waals surface area contributed by atoms with E-state index >= 15 is 0 Å². The minimum atomic E-state index is -0.291. The number of para-hydroxylation sites is 1. The van der Waals surface area contributed by atoms with Gasteiger partial charge in [-0.15, -0.1) is 0 Å². The first-order valence-electron chi connectivity index (χ1n) is 5.51. The van der Waals surface area contributed by atoms with E-state index < -0.39 is 0 Å². The molecule has 2 aromatic carbocycles. The molecule has 0 unspecified atom stereocenters. The number of phenols is 2. The molecule has 0 saturated carbocycles. The third-order valence-electron chi connectivity index (χ3n) is 2.52. The van der Waals surface area contributed by atoms with E-state index in [0.29, 0.717) is 5.56 Å². The van der Waals surface area contributed by atoms with E-state index in [4.69, 9.17) is 5.11 Å². The van der Waals surface area contributed by atoms with Gasteiger partial charge < -0.3 is 15.5 Å². The highest BCUT2D eigenvalue weighted by Gasteiger charge is 2.08. The minimum absolute atomic E-state index is 0.133. The number of aromatic hydroxyl groups is 2. The number of Topliss-reactive ketones (excluding diaryl/α,β-unsaturated/α-hetero) is 1. The fourth-order valence-electron chi connectivity index (χ4n) is 1.54. The normalized spacial score (nSPS) is 10.0. The van der Waals surface area contributed by atoms with Crippen molar-refractivity contribution in [1.29, 1.82) is 0 Å². The third-order valence-corrected chi connectivity index (χ3v) is 2.52. The van der Waals surface area contributed by atoms with E-state index in [-0.39, 0.29) is 23.8 Å². The number of nitrogens with one attached hydrogen (secondary N) is 1. The Hall–Kier alpha value is -2.49. The van der Waals surface area contributed by atoms with Crippen LogP contribution in [0.4, 0.5) is 5.69 Å². The SMILES string of the molecule is O=C(CNc1ccccc1)c1ccc(O)c(O)c1. The van der Waals surface area contributed by atoms with E-state index in [1.54, 1.807) is 0 Å². The van der Waals surface area contributed by atoms with Gasteiger partial charge in [-0.3, -0.25) is 4.79 Å². The van der Waals surface area contributed by atoms with Gasteiger partial charge in [-0.05, 0) is 30.3 Å². The van der Waals surface area contributed by atoms with Gasteiger partial charge in [0.2, 0.25) is 0 Å². The van der Waals surface area contributed by atoms with Gasteiger partial charge in [-0.25, -0.2) is 0 Å². The fourth-order valence-corrected chi connectivity index (χ4v) is 1.54. The molecule has 0 aliphatic heterocycles. The standard InChI is InChI=1S/C14H13NO3/c16-12-7-6-10(8-13(12)17)14(18)9-15-11-4-2-1-3-5-11/h1-8,15-17H,9H2. The molecular weight excluding hydrogens is 230 g/mol. The molecule has 0 bridgehead atoms. The highest BCUT2D eigenvalue weighted by molar-refractivity contribution is 5.99. The zero-order chi connectivity index (χ0) is 13.0. The number of phenolic OH excluding ortho intramolecular Hbond substituents is 2. The van der Waals surface area contributed by atoms with Gasteiger partial charge in [0, 0.05) is 11.3 Å². The molecule has 0 heterocycles. The summed E-state index contributed by atoms with van der Waals surface area (Å²) in [7, 11) is 0. The average molecular weight is 243 g/mol. The molecule has 4 heteroatoms. The second-order valence-corrected chi connectivity index (χ2v) is 3.85. The van der Waals surface area contributed by atoms with Crippen LogP contribution in [0.3, 0.4) is 0 Å². The maximum atomic E-state index is 11.8. The van der Waals surface area contributed by atoms with E-state index in [9.17, 15) is 9.90 Å². The number of carbonyl (C=O) groups is 1. The highest BCUT2D eigenvalue weighted by Crippen LogP contribution is 2.25. The largest absolute Gasteiger partial charge is 0.504 e. The molecule has 18 heavy (non-hydrogen) atoms. The van der Waals surface area contributed by atoms with Crippen molar-refractivity contribution in [2.45, 2.75) is 0 Å². The number of benzene rings is 2. The summed E-state index contributed by atoms with van der Waals surface area (Å²) in [4.78, 5) is 11.8. The summed E-state index contributed by atoms with van der Waals surface area (Å²) < 4.78 is 0. The predicted molar refractivity (Wildman–Crippen MR) is 69.0 cm³/mol. The second-order valence-electron chi connectivity index (χ2n) is 3.85. The van der Waals surface area contributed by atoms with Crippen LogP contribution in [0, 0.1) is 0 Å².